The van der Waals surface area contributed by atoms with Crippen molar-refractivity contribution in [3.63, 3.8) is 0 Å². The van der Waals surface area contributed by atoms with Crippen LogP contribution in [0.4, 0.5) is 4.79 Å². The number of piperidine rings is 1. The Bertz CT molecular complexity index is 333. The fourth-order valence-corrected chi connectivity index (χ4v) is 1.59. The number of nitrogens with zero attached hydrogens (tertiary/aromatic N) is 4. The van der Waals surface area contributed by atoms with E-state index in [4.69, 9.17) is 10.3 Å². The van der Waals surface area contributed by atoms with E-state index < -0.39 is 23.8 Å². The molecule has 1 rings (SSSR count). The smallest absolute Gasteiger partial charge is 0.410 e. The minimum absolute atomic E-state index is 0.195. The third-order valence-electron chi connectivity index (χ3n) is 2.40. The molecule has 17 heavy (non-hydrogen) atoms. The average Bonchev–Trinajstić information content (AvgIpc) is 2.19. The van der Waals surface area contributed by atoms with Crippen molar-refractivity contribution in [1.82, 2.24) is 4.90 Å². The molecular weight excluding hydrogens is 224 g/mol. The molecule has 0 saturated carbocycles. The van der Waals surface area contributed by atoms with Crippen LogP contribution in [0.25, 0.3) is 10.4 Å². The van der Waals surface area contributed by atoms with Gasteiger partial charge in [-0.25, -0.2) is 4.79 Å². The van der Waals surface area contributed by atoms with Crippen LogP contribution in [0.1, 0.15) is 27.2 Å². The van der Waals surface area contributed by atoms with E-state index in [1.54, 1.807) is 20.8 Å². The predicted molar refractivity (Wildman–Crippen MR) is 61.4 cm³/mol. The van der Waals surface area contributed by atoms with Gasteiger partial charge in [0.05, 0.1) is 12.1 Å². The molecule has 0 aromatic rings. The third kappa shape index (κ3) is 4.13. The Labute approximate surface area is 100.0 Å². The number of aliphatic hydroxyl groups excluding tert-OH is 1. The first-order chi connectivity index (χ1) is 7.83. The molecule has 0 unspecified atom stereocenters. The molecule has 0 aromatic heterocycles. The van der Waals surface area contributed by atoms with E-state index in [1.165, 1.54) is 4.90 Å². The molecule has 7 heteroatoms. The summed E-state index contributed by atoms with van der Waals surface area (Å²) in [5.41, 5.74) is 7.81. The third-order valence-corrected chi connectivity index (χ3v) is 2.40. The highest BCUT2D eigenvalue weighted by Gasteiger charge is 2.31. The molecule has 1 heterocycles. The van der Waals surface area contributed by atoms with E-state index in [1.807, 2.05) is 0 Å². The second-order valence-corrected chi connectivity index (χ2v) is 5.05. The van der Waals surface area contributed by atoms with Crippen LogP contribution < -0.4 is 0 Å². The lowest BCUT2D eigenvalue weighted by Gasteiger charge is -2.34. The normalized spacial score (nSPS) is 25.1. The van der Waals surface area contributed by atoms with Gasteiger partial charge in [-0.2, -0.15) is 0 Å². The quantitative estimate of drug-likeness (QED) is 0.430. The van der Waals surface area contributed by atoms with E-state index in [9.17, 15) is 9.90 Å². The zero-order valence-corrected chi connectivity index (χ0v) is 10.3. The standard InChI is InChI=1S/C10H18N4O3/c1-10(2,3)17-9(16)14-5-4-8(15)7(6-14)12-13-11/h7-8,15H,4-6H2,1-3H3/t7-,8-/m0/s1. The topological polar surface area (TPSA) is 98.5 Å². The van der Waals surface area contributed by atoms with Gasteiger partial charge >= 0.3 is 6.09 Å². The van der Waals surface area contributed by atoms with Gasteiger partial charge in [0.1, 0.15) is 5.60 Å². The maximum Gasteiger partial charge on any atom is 0.410 e. The number of azide groups is 1. The maximum atomic E-state index is 11.8. The molecule has 0 bridgehead atoms. The van der Waals surface area contributed by atoms with Gasteiger partial charge < -0.3 is 14.7 Å². The molecule has 0 spiro atoms. The van der Waals surface area contributed by atoms with Crippen LogP contribution in [0.3, 0.4) is 0 Å². The zero-order chi connectivity index (χ0) is 13.1. The molecular formula is C10H18N4O3. The number of carbonyl (C=O) groups is 1. The molecule has 1 aliphatic heterocycles. The Morgan fingerprint density at radius 2 is 2.24 bits per heavy atom. The molecule has 1 N–H and O–H groups in total. The monoisotopic (exact) mass is 242 g/mol. The molecule has 0 aliphatic carbocycles. The lowest BCUT2D eigenvalue weighted by Crippen LogP contribution is -2.49. The molecule has 1 aliphatic rings. The van der Waals surface area contributed by atoms with Crippen molar-refractivity contribution in [3.05, 3.63) is 10.4 Å². The second kappa shape index (κ2) is 5.25. The number of aliphatic hydroxyl groups is 1. The van der Waals surface area contributed by atoms with Crippen molar-refractivity contribution in [2.24, 2.45) is 5.11 Å². The van der Waals surface area contributed by atoms with Crippen LogP contribution >= 0.6 is 0 Å². The Kier molecular flexibility index (Phi) is 4.20. The van der Waals surface area contributed by atoms with Crippen LogP contribution in [-0.4, -0.2) is 46.9 Å². The first-order valence-electron chi connectivity index (χ1n) is 5.53. The van der Waals surface area contributed by atoms with Gasteiger partial charge in [-0.15, -0.1) is 0 Å². The first-order valence-corrected chi connectivity index (χ1v) is 5.53. The van der Waals surface area contributed by atoms with Crippen molar-refractivity contribution in [1.29, 1.82) is 0 Å². The molecule has 0 aromatic carbocycles. The van der Waals surface area contributed by atoms with E-state index >= 15 is 0 Å². The van der Waals surface area contributed by atoms with Gasteiger partial charge in [-0.05, 0) is 32.7 Å². The number of ether oxygens (including phenoxy) is 1. The van der Waals surface area contributed by atoms with Crippen molar-refractivity contribution in [3.8, 4) is 0 Å². The van der Waals surface area contributed by atoms with E-state index in [0.29, 0.717) is 13.0 Å². The summed E-state index contributed by atoms with van der Waals surface area (Å²) in [4.78, 5) is 15.9. The highest BCUT2D eigenvalue weighted by molar-refractivity contribution is 5.68. The summed E-state index contributed by atoms with van der Waals surface area (Å²) < 4.78 is 5.21. The summed E-state index contributed by atoms with van der Waals surface area (Å²) in [5.74, 6) is 0. The Hall–Kier alpha value is -1.46. The summed E-state index contributed by atoms with van der Waals surface area (Å²) in [7, 11) is 0. The molecule has 7 nitrogen and oxygen atoms in total. The summed E-state index contributed by atoms with van der Waals surface area (Å²) in [6.07, 6.45) is -0.740. The first kappa shape index (κ1) is 13.6. The van der Waals surface area contributed by atoms with Crippen LogP contribution in [0.15, 0.2) is 5.11 Å². The van der Waals surface area contributed by atoms with Gasteiger partial charge in [0.15, 0.2) is 0 Å². The number of amides is 1. The summed E-state index contributed by atoms with van der Waals surface area (Å²) >= 11 is 0. The van der Waals surface area contributed by atoms with Gasteiger partial charge in [0.25, 0.3) is 0 Å². The molecule has 1 fully saturated rings. The largest absolute Gasteiger partial charge is 0.444 e. The molecule has 1 amide bonds. The predicted octanol–water partition coefficient (Wildman–Crippen LogP) is 1.67. The Morgan fingerprint density at radius 3 is 2.76 bits per heavy atom. The molecule has 1 saturated heterocycles. The average molecular weight is 242 g/mol. The van der Waals surface area contributed by atoms with Gasteiger partial charge in [-0.1, -0.05) is 5.11 Å². The van der Waals surface area contributed by atoms with Crippen LogP contribution in [0.2, 0.25) is 0 Å². The van der Waals surface area contributed by atoms with Crippen LogP contribution in [0.5, 0.6) is 0 Å². The van der Waals surface area contributed by atoms with Crippen LogP contribution in [-0.2, 0) is 4.74 Å². The summed E-state index contributed by atoms with van der Waals surface area (Å²) in [6, 6.07) is -0.596. The molecule has 2 atom stereocenters. The maximum absolute atomic E-state index is 11.8. The van der Waals surface area contributed by atoms with Gasteiger partial charge in [0, 0.05) is 18.0 Å². The summed E-state index contributed by atoms with van der Waals surface area (Å²) in [5, 5.41) is 13.1. The lowest BCUT2D eigenvalue weighted by atomic mass is 10.0. The van der Waals surface area contributed by atoms with Crippen molar-refractivity contribution in [2.75, 3.05) is 13.1 Å². The number of likely N-dealkylation sites (tertiary alicyclic amines) is 1. The highest BCUT2D eigenvalue weighted by Crippen LogP contribution is 2.17. The number of rotatable bonds is 1. The fourth-order valence-electron chi connectivity index (χ4n) is 1.59. The van der Waals surface area contributed by atoms with Crippen molar-refractivity contribution in [2.45, 2.75) is 44.9 Å². The Morgan fingerprint density at radius 1 is 1.59 bits per heavy atom. The minimum Gasteiger partial charge on any atom is -0.444 e. The lowest BCUT2D eigenvalue weighted by molar-refractivity contribution is 0.00499. The van der Waals surface area contributed by atoms with E-state index in [0.717, 1.165) is 0 Å². The SMILES string of the molecule is CC(C)(C)OC(=O)N1CC[C@H](O)[C@@H](N=[N+]=[N-])C1. The van der Waals surface area contributed by atoms with Gasteiger partial charge in [0.2, 0.25) is 0 Å². The van der Waals surface area contributed by atoms with Crippen molar-refractivity contribution < 1.29 is 14.6 Å². The number of carbonyl (C=O) groups excluding carboxylic acids is 1. The molecule has 0 radical (unpaired) electrons. The van der Waals surface area contributed by atoms with Crippen molar-refractivity contribution >= 4 is 6.09 Å². The number of hydrogen-bond acceptors (Lipinski definition) is 4. The van der Waals surface area contributed by atoms with Crippen LogP contribution in [0, 0.1) is 0 Å². The van der Waals surface area contributed by atoms with Gasteiger partial charge in [-0.3, -0.25) is 0 Å². The Balaban J connectivity index is 2.61. The molecule has 96 valence electrons. The van der Waals surface area contributed by atoms with E-state index in [2.05, 4.69) is 10.0 Å². The summed E-state index contributed by atoms with van der Waals surface area (Å²) in [6.45, 7) is 5.96. The fraction of sp³-hybridized carbons (Fsp3) is 0.900. The minimum atomic E-state index is -0.690. The van der Waals surface area contributed by atoms with E-state index in [-0.39, 0.29) is 6.54 Å². The highest BCUT2D eigenvalue weighted by atomic mass is 16.6. The zero-order valence-electron chi connectivity index (χ0n) is 10.3. The number of hydrogen-bond donors (Lipinski definition) is 1. The second-order valence-electron chi connectivity index (χ2n) is 5.05.